The van der Waals surface area contributed by atoms with E-state index in [-0.39, 0.29) is 11.9 Å². The van der Waals surface area contributed by atoms with Crippen LogP contribution in [0.25, 0.3) is 0 Å². The second-order valence-electron chi connectivity index (χ2n) is 5.63. The van der Waals surface area contributed by atoms with E-state index in [1.165, 1.54) is 18.2 Å². The molecule has 4 nitrogen and oxygen atoms in total. The van der Waals surface area contributed by atoms with Crippen molar-refractivity contribution in [2.24, 2.45) is 0 Å². The van der Waals surface area contributed by atoms with Crippen LogP contribution in [-0.4, -0.2) is 19.0 Å². The summed E-state index contributed by atoms with van der Waals surface area (Å²) in [5, 5.41) is 0. The third-order valence-electron chi connectivity index (χ3n) is 4.18. The normalized spacial score (nSPS) is 15.8. The largest absolute Gasteiger partial charge is 0.465 e. The van der Waals surface area contributed by atoms with Crippen molar-refractivity contribution in [1.29, 1.82) is 0 Å². The average Bonchev–Trinajstić information content (AvgIpc) is 2.98. The van der Waals surface area contributed by atoms with Crippen molar-refractivity contribution in [3.8, 4) is 5.75 Å². The van der Waals surface area contributed by atoms with Gasteiger partial charge < -0.3 is 9.47 Å². The summed E-state index contributed by atoms with van der Waals surface area (Å²) in [4.78, 5) is 23.5. The summed E-state index contributed by atoms with van der Waals surface area (Å²) >= 11 is 0. The first-order chi connectivity index (χ1) is 11.2. The lowest BCUT2D eigenvalue weighted by molar-refractivity contribution is -0.134. The fourth-order valence-electron chi connectivity index (χ4n) is 3.01. The predicted octanol–water partition coefficient (Wildman–Crippen LogP) is 3.50. The van der Waals surface area contributed by atoms with Gasteiger partial charge in [-0.3, -0.25) is 4.79 Å². The van der Waals surface area contributed by atoms with Crippen molar-refractivity contribution < 1.29 is 19.1 Å². The zero-order chi connectivity index (χ0) is 16.2. The summed E-state index contributed by atoms with van der Waals surface area (Å²) < 4.78 is 10.0. The van der Waals surface area contributed by atoms with Crippen LogP contribution < -0.4 is 4.74 Å². The Balaban J connectivity index is 1.61. The molecule has 0 heterocycles. The van der Waals surface area contributed by atoms with Gasteiger partial charge in [0.15, 0.2) is 0 Å². The fourth-order valence-corrected chi connectivity index (χ4v) is 3.01. The number of hydrogen-bond acceptors (Lipinski definition) is 4. The highest BCUT2D eigenvalue weighted by Gasteiger charge is 2.25. The molecule has 0 radical (unpaired) electrons. The lowest BCUT2D eigenvalue weighted by Crippen LogP contribution is -2.12. The lowest BCUT2D eigenvalue weighted by atomic mass is 9.98. The van der Waals surface area contributed by atoms with Crippen LogP contribution in [0.4, 0.5) is 0 Å². The molecule has 1 aliphatic rings. The summed E-state index contributed by atoms with van der Waals surface area (Å²) in [6.07, 6.45) is 2.37. The first kappa shape index (κ1) is 15.3. The number of rotatable bonds is 4. The SMILES string of the molecule is COC(=O)c1ccc(OC(=O)CC2CCc3ccccc32)cc1. The van der Waals surface area contributed by atoms with Gasteiger partial charge in [0.1, 0.15) is 5.75 Å². The average molecular weight is 310 g/mol. The molecule has 0 bridgehead atoms. The Morgan fingerprint density at radius 1 is 1.09 bits per heavy atom. The number of benzene rings is 2. The Bertz CT molecular complexity index is 718. The third kappa shape index (κ3) is 3.42. The van der Waals surface area contributed by atoms with Crippen LogP contribution in [0.3, 0.4) is 0 Å². The number of fused-ring (bicyclic) bond motifs is 1. The molecule has 1 aliphatic carbocycles. The van der Waals surface area contributed by atoms with E-state index in [2.05, 4.69) is 16.9 Å². The Kier molecular flexibility index (Phi) is 4.42. The molecule has 0 fully saturated rings. The molecule has 3 rings (SSSR count). The molecule has 118 valence electrons. The van der Waals surface area contributed by atoms with Crippen LogP contribution in [0.5, 0.6) is 5.75 Å². The maximum Gasteiger partial charge on any atom is 0.337 e. The standard InChI is InChI=1S/C19H18O4/c1-22-19(21)14-8-10-16(11-9-14)23-18(20)12-15-7-6-13-4-2-3-5-17(13)15/h2-5,8-11,15H,6-7,12H2,1H3. The van der Waals surface area contributed by atoms with E-state index in [0.29, 0.717) is 17.7 Å². The number of carbonyl (C=O) groups excluding carboxylic acids is 2. The zero-order valence-corrected chi connectivity index (χ0v) is 13.0. The van der Waals surface area contributed by atoms with Gasteiger partial charge in [-0.15, -0.1) is 0 Å². The molecule has 0 saturated carbocycles. The third-order valence-corrected chi connectivity index (χ3v) is 4.18. The minimum absolute atomic E-state index is 0.230. The van der Waals surface area contributed by atoms with Crippen molar-refractivity contribution in [2.45, 2.75) is 25.2 Å². The quantitative estimate of drug-likeness (QED) is 0.640. The van der Waals surface area contributed by atoms with Crippen molar-refractivity contribution in [2.75, 3.05) is 7.11 Å². The summed E-state index contributed by atoms with van der Waals surface area (Å²) in [6, 6.07) is 14.6. The predicted molar refractivity (Wildman–Crippen MR) is 85.5 cm³/mol. The molecule has 2 aromatic rings. The van der Waals surface area contributed by atoms with Crippen molar-refractivity contribution in [1.82, 2.24) is 0 Å². The van der Waals surface area contributed by atoms with E-state index >= 15 is 0 Å². The first-order valence-corrected chi connectivity index (χ1v) is 7.64. The van der Waals surface area contributed by atoms with Crippen LogP contribution in [-0.2, 0) is 16.0 Å². The number of aryl methyl sites for hydroxylation is 1. The number of esters is 2. The first-order valence-electron chi connectivity index (χ1n) is 7.64. The van der Waals surface area contributed by atoms with Gasteiger partial charge in [-0.2, -0.15) is 0 Å². The Morgan fingerprint density at radius 3 is 2.57 bits per heavy atom. The van der Waals surface area contributed by atoms with E-state index in [1.807, 2.05) is 12.1 Å². The molecule has 0 saturated heterocycles. The summed E-state index contributed by atoms with van der Waals surface area (Å²) in [6.45, 7) is 0. The summed E-state index contributed by atoms with van der Waals surface area (Å²) in [7, 11) is 1.33. The highest BCUT2D eigenvalue weighted by molar-refractivity contribution is 5.89. The molecule has 1 unspecified atom stereocenters. The van der Waals surface area contributed by atoms with Gasteiger partial charge in [0.25, 0.3) is 0 Å². The highest BCUT2D eigenvalue weighted by Crippen LogP contribution is 2.35. The number of methoxy groups -OCH3 is 1. The van der Waals surface area contributed by atoms with E-state index < -0.39 is 5.97 Å². The van der Waals surface area contributed by atoms with E-state index in [4.69, 9.17) is 4.74 Å². The van der Waals surface area contributed by atoms with Crippen molar-refractivity contribution >= 4 is 11.9 Å². The molecular formula is C19H18O4. The summed E-state index contributed by atoms with van der Waals surface area (Å²) in [5.74, 6) is 0.00457. The topological polar surface area (TPSA) is 52.6 Å². The van der Waals surface area contributed by atoms with Gasteiger partial charge in [-0.05, 0) is 54.2 Å². The van der Waals surface area contributed by atoms with Crippen LogP contribution in [0.15, 0.2) is 48.5 Å². The fraction of sp³-hybridized carbons (Fsp3) is 0.263. The molecule has 0 aliphatic heterocycles. The minimum Gasteiger partial charge on any atom is -0.465 e. The molecule has 0 amide bonds. The molecule has 0 aromatic heterocycles. The van der Waals surface area contributed by atoms with Gasteiger partial charge >= 0.3 is 11.9 Å². The molecule has 4 heteroatoms. The molecule has 23 heavy (non-hydrogen) atoms. The van der Waals surface area contributed by atoms with Crippen molar-refractivity contribution in [3.05, 3.63) is 65.2 Å². The lowest BCUT2D eigenvalue weighted by Gasteiger charge is -2.11. The van der Waals surface area contributed by atoms with Crippen LogP contribution in [0.1, 0.15) is 40.2 Å². The monoisotopic (exact) mass is 310 g/mol. The Hall–Kier alpha value is -2.62. The maximum atomic E-state index is 12.1. The van der Waals surface area contributed by atoms with Gasteiger partial charge in [0.05, 0.1) is 19.1 Å². The molecule has 0 spiro atoms. The van der Waals surface area contributed by atoms with Crippen LogP contribution >= 0.6 is 0 Å². The summed E-state index contributed by atoms with van der Waals surface area (Å²) in [5.41, 5.74) is 3.01. The molecule has 0 N–H and O–H groups in total. The smallest absolute Gasteiger partial charge is 0.337 e. The number of ether oxygens (including phenoxy) is 2. The van der Waals surface area contributed by atoms with Gasteiger partial charge in [-0.25, -0.2) is 4.79 Å². The van der Waals surface area contributed by atoms with Crippen LogP contribution in [0, 0.1) is 0 Å². The zero-order valence-electron chi connectivity index (χ0n) is 13.0. The maximum absolute atomic E-state index is 12.1. The van der Waals surface area contributed by atoms with E-state index in [0.717, 1.165) is 12.8 Å². The highest BCUT2D eigenvalue weighted by atomic mass is 16.5. The number of carbonyl (C=O) groups is 2. The second kappa shape index (κ2) is 6.65. The Morgan fingerprint density at radius 2 is 1.83 bits per heavy atom. The number of hydrogen-bond donors (Lipinski definition) is 0. The van der Waals surface area contributed by atoms with Gasteiger partial charge in [-0.1, -0.05) is 24.3 Å². The molecule has 2 aromatic carbocycles. The second-order valence-corrected chi connectivity index (χ2v) is 5.63. The van der Waals surface area contributed by atoms with Gasteiger partial charge in [0.2, 0.25) is 0 Å². The Labute approximate surface area is 135 Å². The van der Waals surface area contributed by atoms with Gasteiger partial charge in [0, 0.05) is 0 Å². The van der Waals surface area contributed by atoms with E-state index in [1.54, 1.807) is 24.3 Å². The molecule has 1 atom stereocenters. The van der Waals surface area contributed by atoms with Crippen LogP contribution in [0.2, 0.25) is 0 Å². The molecular weight excluding hydrogens is 292 g/mol. The van der Waals surface area contributed by atoms with Crippen molar-refractivity contribution in [3.63, 3.8) is 0 Å². The van der Waals surface area contributed by atoms with E-state index in [9.17, 15) is 9.59 Å². The minimum atomic E-state index is -0.412.